The monoisotopic (exact) mass is 580 g/mol. The molecule has 4 unspecified atom stereocenters. The molecule has 0 aliphatic carbocycles. The molecule has 41 heavy (non-hydrogen) atoms. The number of nitrogens with two attached hydrogens (primary N) is 1. The van der Waals surface area contributed by atoms with E-state index in [2.05, 4.69) is 25.9 Å². The van der Waals surface area contributed by atoms with Crippen molar-refractivity contribution < 1.29 is 24.3 Å². The fourth-order valence-electron chi connectivity index (χ4n) is 4.16. The number of carboxylic acids is 1. The molecular formula is C29H36N6O5S. The maximum Gasteiger partial charge on any atom is 0.326 e. The van der Waals surface area contributed by atoms with Crippen molar-refractivity contribution in [1.29, 1.82) is 0 Å². The second kappa shape index (κ2) is 16.2. The average molecular weight is 581 g/mol. The van der Waals surface area contributed by atoms with Gasteiger partial charge in [0, 0.05) is 31.2 Å². The van der Waals surface area contributed by atoms with Gasteiger partial charge >= 0.3 is 5.97 Å². The normalized spacial score (nSPS) is 13.8. The molecule has 2 aromatic carbocycles. The summed E-state index contributed by atoms with van der Waals surface area (Å²) in [6.07, 6.45) is 5.65. The smallest absolute Gasteiger partial charge is 0.326 e. The van der Waals surface area contributed by atoms with Gasteiger partial charge in [-0.3, -0.25) is 14.4 Å². The highest BCUT2D eigenvalue weighted by Crippen LogP contribution is 2.09. The number of H-pyrrole nitrogens is 1. The SMILES string of the molecule is CSCCC(NC(=O)C(N)Cc1cnc[nH]1)C(=O)NC(Cc1ccccc1)C(=O)NC(Cc1ccccc1)C(=O)O. The molecular weight excluding hydrogens is 544 g/mol. The molecule has 7 N–H and O–H groups in total. The molecule has 3 rings (SSSR count). The minimum Gasteiger partial charge on any atom is -0.480 e. The van der Waals surface area contributed by atoms with Crippen LogP contribution >= 0.6 is 11.8 Å². The molecule has 0 aliphatic heterocycles. The highest BCUT2D eigenvalue weighted by molar-refractivity contribution is 7.98. The van der Waals surface area contributed by atoms with Gasteiger partial charge in [0.25, 0.3) is 0 Å². The number of nitrogens with zero attached hydrogens (tertiary/aromatic N) is 1. The minimum atomic E-state index is -1.20. The quantitative estimate of drug-likeness (QED) is 0.146. The van der Waals surface area contributed by atoms with Crippen LogP contribution in [0.4, 0.5) is 0 Å². The Bertz CT molecular complexity index is 1260. The first-order valence-electron chi connectivity index (χ1n) is 13.2. The number of aromatic nitrogens is 2. The number of imidazole rings is 1. The van der Waals surface area contributed by atoms with Gasteiger partial charge in [-0.2, -0.15) is 11.8 Å². The van der Waals surface area contributed by atoms with Gasteiger partial charge in [-0.15, -0.1) is 0 Å². The molecule has 11 nitrogen and oxygen atoms in total. The van der Waals surface area contributed by atoms with E-state index in [9.17, 15) is 24.3 Å². The molecule has 218 valence electrons. The zero-order valence-electron chi connectivity index (χ0n) is 22.8. The maximum atomic E-state index is 13.5. The second-order valence-electron chi connectivity index (χ2n) is 9.57. The van der Waals surface area contributed by atoms with E-state index < -0.39 is 47.9 Å². The van der Waals surface area contributed by atoms with Crippen LogP contribution in [-0.2, 0) is 38.4 Å². The Morgan fingerprint density at radius 2 is 1.37 bits per heavy atom. The number of thioether (sulfide) groups is 1. The molecule has 0 saturated heterocycles. The molecule has 0 bridgehead atoms. The van der Waals surface area contributed by atoms with Crippen molar-refractivity contribution in [3.8, 4) is 0 Å². The summed E-state index contributed by atoms with van der Waals surface area (Å²) >= 11 is 1.51. The third kappa shape index (κ3) is 10.4. The number of carbonyl (C=O) groups excluding carboxylic acids is 3. The summed E-state index contributed by atoms with van der Waals surface area (Å²) in [4.78, 5) is 58.5. The number of amides is 3. The minimum absolute atomic E-state index is 0.0779. The van der Waals surface area contributed by atoms with Crippen LogP contribution in [0, 0.1) is 0 Å². The molecule has 0 fully saturated rings. The number of nitrogens with one attached hydrogen (secondary N) is 4. The lowest BCUT2D eigenvalue weighted by atomic mass is 10.0. The lowest BCUT2D eigenvalue weighted by Crippen LogP contribution is -2.58. The molecule has 3 amide bonds. The van der Waals surface area contributed by atoms with Gasteiger partial charge < -0.3 is 31.8 Å². The number of aromatic amines is 1. The molecule has 0 saturated carbocycles. The predicted octanol–water partition coefficient (Wildman–Crippen LogP) is 1.06. The van der Waals surface area contributed by atoms with Gasteiger partial charge in [-0.05, 0) is 29.6 Å². The van der Waals surface area contributed by atoms with E-state index in [1.54, 1.807) is 30.5 Å². The van der Waals surface area contributed by atoms with E-state index in [0.29, 0.717) is 17.9 Å². The van der Waals surface area contributed by atoms with E-state index in [4.69, 9.17) is 5.73 Å². The zero-order valence-corrected chi connectivity index (χ0v) is 23.6. The van der Waals surface area contributed by atoms with Crippen LogP contribution in [0.15, 0.2) is 73.2 Å². The summed E-state index contributed by atoms with van der Waals surface area (Å²) in [6, 6.07) is 13.9. The highest BCUT2D eigenvalue weighted by atomic mass is 32.2. The molecule has 0 aliphatic rings. The summed E-state index contributed by atoms with van der Waals surface area (Å²) < 4.78 is 0. The van der Waals surface area contributed by atoms with Crippen LogP contribution in [0.3, 0.4) is 0 Å². The Kier molecular flexibility index (Phi) is 12.4. The number of rotatable bonds is 16. The first-order chi connectivity index (χ1) is 19.8. The summed E-state index contributed by atoms with van der Waals surface area (Å²) in [5, 5.41) is 17.8. The summed E-state index contributed by atoms with van der Waals surface area (Å²) in [6.45, 7) is 0. The van der Waals surface area contributed by atoms with E-state index >= 15 is 0 Å². The predicted molar refractivity (Wildman–Crippen MR) is 157 cm³/mol. The van der Waals surface area contributed by atoms with Crippen molar-refractivity contribution in [2.24, 2.45) is 5.73 Å². The van der Waals surface area contributed by atoms with E-state index in [1.807, 2.05) is 42.7 Å². The van der Waals surface area contributed by atoms with E-state index in [1.165, 1.54) is 18.1 Å². The number of benzene rings is 2. The Balaban J connectivity index is 1.75. The van der Waals surface area contributed by atoms with Crippen LogP contribution in [0.5, 0.6) is 0 Å². The van der Waals surface area contributed by atoms with Gasteiger partial charge in [0.1, 0.15) is 18.1 Å². The number of hydrogen-bond donors (Lipinski definition) is 6. The first kappa shape index (κ1) is 31.4. The third-order valence-electron chi connectivity index (χ3n) is 6.39. The Morgan fingerprint density at radius 3 is 1.90 bits per heavy atom. The van der Waals surface area contributed by atoms with Crippen molar-refractivity contribution in [2.75, 3.05) is 12.0 Å². The lowest BCUT2D eigenvalue weighted by molar-refractivity contribution is -0.142. The molecule has 3 aromatic rings. The molecule has 1 aromatic heterocycles. The molecule has 0 radical (unpaired) electrons. The molecule has 4 atom stereocenters. The van der Waals surface area contributed by atoms with Gasteiger partial charge in [0.05, 0.1) is 12.4 Å². The van der Waals surface area contributed by atoms with Crippen molar-refractivity contribution in [1.82, 2.24) is 25.9 Å². The fourth-order valence-corrected chi connectivity index (χ4v) is 4.63. The molecule has 0 spiro atoms. The van der Waals surface area contributed by atoms with Crippen molar-refractivity contribution in [3.05, 3.63) is 90.0 Å². The number of carbonyl (C=O) groups is 4. The maximum absolute atomic E-state index is 13.5. The van der Waals surface area contributed by atoms with E-state index in [-0.39, 0.29) is 19.3 Å². The number of aliphatic carboxylic acids is 1. The Morgan fingerprint density at radius 1 is 0.829 bits per heavy atom. The topological polar surface area (TPSA) is 179 Å². The fraction of sp³-hybridized carbons (Fsp3) is 0.345. The van der Waals surface area contributed by atoms with Crippen LogP contribution < -0.4 is 21.7 Å². The van der Waals surface area contributed by atoms with Crippen LogP contribution in [0.1, 0.15) is 23.2 Å². The van der Waals surface area contributed by atoms with Gasteiger partial charge in [0.2, 0.25) is 17.7 Å². The number of carboxylic acid groups (broad SMARTS) is 1. The third-order valence-corrected chi connectivity index (χ3v) is 7.03. The lowest BCUT2D eigenvalue weighted by Gasteiger charge is -2.25. The van der Waals surface area contributed by atoms with Gasteiger partial charge in [0.15, 0.2) is 0 Å². The Labute approximate surface area is 243 Å². The van der Waals surface area contributed by atoms with Crippen molar-refractivity contribution in [2.45, 2.75) is 49.9 Å². The van der Waals surface area contributed by atoms with Crippen LogP contribution in [0.2, 0.25) is 0 Å². The second-order valence-corrected chi connectivity index (χ2v) is 10.6. The standard InChI is InChI=1S/C29H36N6O5S/c1-41-13-12-23(33-26(36)22(30)16-21-17-31-18-32-21)27(37)34-24(14-19-8-4-2-5-9-19)28(38)35-25(29(39)40)15-20-10-6-3-7-11-20/h2-11,17-18,22-25H,12-16,30H2,1H3,(H,31,32)(H,33,36)(H,34,37)(H,35,38)(H,39,40). The van der Waals surface area contributed by atoms with E-state index in [0.717, 1.165) is 11.1 Å². The van der Waals surface area contributed by atoms with Crippen molar-refractivity contribution >= 4 is 35.5 Å². The molecule has 1 heterocycles. The summed E-state index contributed by atoms with van der Waals surface area (Å²) in [5.74, 6) is -2.34. The Hall–Kier alpha value is -4.16. The van der Waals surface area contributed by atoms with Crippen LogP contribution in [0.25, 0.3) is 0 Å². The highest BCUT2D eigenvalue weighted by Gasteiger charge is 2.30. The zero-order chi connectivity index (χ0) is 29.6. The average Bonchev–Trinajstić information content (AvgIpc) is 3.48. The van der Waals surface area contributed by atoms with Gasteiger partial charge in [-0.25, -0.2) is 9.78 Å². The summed E-state index contributed by atoms with van der Waals surface area (Å²) in [5.41, 5.74) is 8.27. The van der Waals surface area contributed by atoms with Gasteiger partial charge in [-0.1, -0.05) is 60.7 Å². The molecule has 12 heteroatoms. The van der Waals surface area contributed by atoms with Crippen molar-refractivity contribution in [3.63, 3.8) is 0 Å². The summed E-state index contributed by atoms with van der Waals surface area (Å²) in [7, 11) is 0. The number of hydrogen-bond acceptors (Lipinski definition) is 7. The van der Waals surface area contributed by atoms with Crippen LogP contribution in [-0.4, -0.2) is 74.9 Å². The largest absolute Gasteiger partial charge is 0.480 e. The first-order valence-corrected chi connectivity index (χ1v) is 14.6.